The van der Waals surface area contributed by atoms with E-state index in [0.717, 1.165) is 63.4 Å². The first-order chi connectivity index (χ1) is 18.5. The van der Waals surface area contributed by atoms with Gasteiger partial charge in [-0.3, -0.25) is 9.69 Å². The van der Waals surface area contributed by atoms with Crippen LogP contribution in [0.3, 0.4) is 0 Å². The number of nitrogens with zero attached hydrogens (tertiary/aromatic N) is 2. The zero-order valence-electron chi connectivity index (χ0n) is 22.0. The molecule has 0 saturated carbocycles. The van der Waals surface area contributed by atoms with Gasteiger partial charge in [0.2, 0.25) is 5.78 Å². The Morgan fingerprint density at radius 1 is 1.03 bits per heavy atom. The summed E-state index contributed by atoms with van der Waals surface area (Å²) in [6, 6.07) is 16.1. The summed E-state index contributed by atoms with van der Waals surface area (Å²) in [6.07, 6.45) is 4.71. The number of ketones is 1. The molecule has 0 fully saturated rings. The van der Waals surface area contributed by atoms with Crippen LogP contribution in [0.4, 0.5) is 0 Å². The number of methoxy groups -OCH3 is 2. The molecule has 0 atom stereocenters. The average molecular weight is 511 g/mol. The maximum Gasteiger partial charge on any atom is 0.231 e. The number of para-hydroxylation sites is 1. The van der Waals surface area contributed by atoms with E-state index >= 15 is 0 Å². The van der Waals surface area contributed by atoms with E-state index in [9.17, 15) is 4.79 Å². The summed E-state index contributed by atoms with van der Waals surface area (Å²) in [7, 11) is 5.28. The molecule has 0 spiro atoms. The van der Waals surface area contributed by atoms with E-state index in [1.165, 1.54) is 0 Å². The lowest BCUT2D eigenvalue weighted by molar-refractivity contribution is 0.0953. The molecule has 7 heteroatoms. The number of benzene rings is 3. The van der Waals surface area contributed by atoms with Crippen molar-refractivity contribution >= 4 is 22.8 Å². The van der Waals surface area contributed by atoms with E-state index < -0.39 is 0 Å². The molecule has 0 N–H and O–H groups in total. The molecule has 1 aromatic heterocycles. The number of carbonyl (C=O) groups excluding carboxylic acids is 1. The molecule has 0 aliphatic carbocycles. The van der Waals surface area contributed by atoms with Gasteiger partial charge in [-0.15, -0.1) is 0 Å². The predicted octanol–water partition coefficient (Wildman–Crippen LogP) is 5.51. The lowest BCUT2D eigenvalue weighted by Gasteiger charge is -2.30. The molecular weight excluding hydrogens is 480 g/mol. The molecule has 2 aliphatic heterocycles. The minimum Gasteiger partial charge on any atom is -0.493 e. The van der Waals surface area contributed by atoms with Crippen molar-refractivity contribution in [1.82, 2.24) is 9.47 Å². The van der Waals surface area contributed by atoms with Gasteiger partial charge in [0, 0.05) is 53.9 Å². The number of fused-ring (bicyclic) bond motifs is 3. The fourth-order valence-corrected chi connectivity index (χ4v) is 5.39. The first-order valence-electron chi connectivity index (χ1n) is 12.7. The second-order valence-electron chi connectivity index (χ2n) is 9.78. The second kappa shape index (κ2) is 9.58. The molecule has 2 aliphatic rings. The molecule has 0 unspecified atom stereocenters. The number of aromatic nitrogens is 1. The summed E-state index contributed by atoms with van der Waals surface area (Å²) < 4.78 is 25.2. The lowest BCUT2D eigenvalue weighted by Crippen LogP contribution is -2.34. The SMILES string of the molecule is COc1ccc(CCN2COc3c(cc4c(c3C)O/C(=C\c3cn(C)c5ccccc35)C4=O)C2)cc1OC. The number of Topliss-reactive ketones (excluding diaryl/α,β-unsaturated/α-hetero) is 1. The van der Waals surface area contributed by atoms with Crippen LogP contribution in [0.5, 0.6) is 23.0 Å². The third kappa shape index (κ3) is 4.09. The van der Waals surface area contributed by atoms with Gasteiger partial charge < -0.3 is 23.5 Å². The Morgan fingerprint density at radius 2 is 1.84 bits per heavy atom. The molecular formula is C31H30N2O5. The Labute approximate surface area is 221 Å². The van der Waals surface area contributed by atoms with Crippen LogP contribution in [0.1, 0.15) is 32.6 Å². The van der Waals surface area contributed by atoms with Crippen molar-refractivity contribution in [2.75, 3.05) is 27.5 Å². The molecule has 6 rings (SSSR count). The predicted molar refractivity (Wildman–Crippen MR) is 146 cm³/mol. The van der Waals surface area contributed by atoms with Crippen molar-refractivity contribution < 1.29 is 23.7 Å². The number of carbonyl (C=O) groups is 1. The highest BCUT2D eigenvalue weighted by molar-refractivity contribution is 6.15. The topological polar surface area (TPSA) is 62.2 Å². The van der Waals surface area contributed by atoms with Crippen LogP contribution in [0, 0.1) is 6.92 Å². The Bertz CT molecular complexity index is 1600. The van der Waals surface area contributed by atoms with Gasteiger partial charge in [-0.2, -0.15) is 0 Å². The summed E-state index contributed by atoms with van der Waals surface area (Å²) >= 11 is 0. The standard InChI is InChI=1S/C31H30N2O5/c1-19-30-22(17-33(18-37-30)12-11-20-9-10-26(35-3)27(13-20)36-4)14-24-29(34)28(38-31(19)24)15-21-16-32(2)25-8-6-5-7-23(21)25/h5-10,13-16H,11-12,17-18H2,1-4H3/b28-15-. The first-order valence-corrected chi connectivity index (χ1v) is 12.7. The number of rotatable bonds is 6. The van der Waals surface area contributed by atoms with E-state index in [-0.39, 0.29) is 5.78 Å². The Balaban J connectivity index is 1.22. The van der Waals surface area contributed by atoms with Crippen LogP contribution in [0.2, 0.25) is 0 Å². The quantitative estimate of drug-likeness (QED) is 0.319. The number of allylic oxidation sites excluding steroid dienone is 1. The van der Waals surface area contributed by atoms with Crippen LogP contribution >= 0.6 is 0 Å². The van der Waals surface area contributed by atoms with Crippen molar-refractivity contribution in [3.05, 3.63) is 88.3 Å². The zero-order valence-corrected chi connectivity index (χ0v) is 22.0. The number of aryl methyl sites for hydroxylation is 1. The van der Waals surface area contributed by atoms with E-state index in [0.29, 0.717) is 30.3 Å². The van der Waals surface area contributed by atoms with Crippen molar-refractivity contribution in [2.24, 2.45) is 7.05 Å². The monoisotopic (exact) mass is 510 g/mol. The van der Waals surface area contributed by atoms with Gasteiger partial charge in [-0.1, -0.05) is 24.3 Å². The van der Waals surface area contributed by atoms with Crippen LogP contribution < -0.4 is 18.9 Å². The van der Waals surface area contributed by atoms with Crippen LogP contribution in [-0.4, -0.2) is 42.7 Å². The van der Waals surface area contributed by atoms with Gasteiger partial charge in [0.1, 0.15) is 18.2 Å². The molecule has 3 heterocycles. The van der Waals surface area contributed by atoms with Gasteiger partial charge in [0.25, 0.3) is 0 Å². The van der Waals surface area contributed by atoms with E-state index in [1.807, 2.05) is 56.6 Å². The van der Waals surface area contributed by atoms with E-state index in [4.69, 9.17) is 18.9 Å². The number of hydrogen-bond donors (Lipinski definition) is 0. The normalized spacial score (nSPS) is 15.8. The van der Waals surface area contributed by atoms with Gasteiger partial charge in [0.05, 0.1) is 19.8 Å². The minimum absolute atomic E-state index is 0.0960. The third-order valence-corrected chi connectivity index (χ3v) is 7.38. The van der Waals surface area contributed by atoms with Crippen molar-refractivity contribution in [1.29, 1.82) is 0 Å². The molecule has 38 heavy (non-hydrogen) atoms. The highest BCUT2D eigenvalue weighted by Gasteiger charge is 2.33. The van der Waals surface area contributed by atoms with Gasteiger partial charge in [0.15, 0.2) is 17.3 Å². The summed E-state index contributed by atoms with van der Waals surface area (Å²) in [4.78, 5) is 15.6. The molecule has 0 amide bonds. The Morgan fingerprint density at radius 3 is 2.66 bits per heavy atom. The smallest absolute Gasteiger partial charge is 0.231 e. The van der Waals surface area contributed by atoms with Gasteiger partial charge >= 0.3 is 0 Å². The molecule has 4 aromatic rings. The van der Waals surface area contributed by atoms with Crippen LogP contribution in [-0.2, 0) is 20.0 Å². The Kier molecular flexibility index (Phi) is 6.08. The summed E-state index contributed by atoms with van der Waals surface area (Å²) in [5.74, 6) is 3.09. The average Bonchev–Trinajstić information content (AvgIpc) is 3.43. The van der Waals surface area contributed by atoms with Crippen LogP contribution in [0.15, 0.2) is 60.5 Å². The zero-order chi connectivity index (χ0) is 26.4. The Hall–Kier alpha value is -4.23. The maximum atomic E-state index is 13.4. The number of hydrogen-bond acceptors (Lipinski definition) is 6. The van der Waals surface area contributed by atoms with Crippen molar-refractivity contribution in [3.63, 3.8) is 0 Å². The molecule has 0 radical (unpaired) electrons. The maximum absolute atomic E-state index is 13.4. The molecule has 194 valence electrons. The van der Waals surface area contributed by atoms with E-state index in [2.05, 4.69) is 27.7 Å². The number of ether oxygens (including phenoxy) is 4. The molecule has 7 nitrogen and oxygen atoms in total. The molecule has 0 saturated heterocycles. The third-order valence-electron chi connectivity index (χ3n) is 7.38. The van der Waals surface area contributed by atoms with E-state index in [1.54, 1.807) is 14.2 Å². The molecule has 0 bridgehead atoms. The lowest BCUT2D eigenvalue weighted by atomic mass is 9.99. The fraction of sp³-hybridized carbons (Fsp3) is 0.258. The molecule has 3 aromatic carbocycles. The summed E-state index contributed by atoms with van der Waals surface area (Å²) in [5, 5.41) is 1.08. The highest BCUT2D eigenvalue weighted by Crippen LogP contribution is 2.43. The van der Waals surface area contributed by atoms with Gasteiger partial charge in [-0.25, -0.2) is 0 Å². The first kappa shape index (κ1) is 24.1. The van der Waals surface area contributed by atoms with Crippen molar-refractivity contribution in [3.8, 4) is 23.0 Å². The largest absolute Gasteiger partial charge is 0.493 e. The van der Waals surface area contributed by atoms with Crippen LogP contribution in [0.25, 0.3) is 17.0 Å². The fourth-order valence-electron chi connectivity index (χ4n) is 5.39. The highest BCUT2D eigenvalue weighted by atomic mass is 16.5. The van der Waals surface area contributed by atoms with Crippen molar-refractivity contribution in [2.45, 2.75) is 19.9 Å². The minimum atomic E-state index is -0.0960. The summed E-state index contributed by atoms with van der Waals surface area (Å²) in [6.45, 7) is 3.95. The second-order valence-corrected chi connectivity index (χ2v) is 9.78. The van der Waals surface area contributed by atoms with Gasteiger partial charge in [-0.05, 0) is 49.2 Å². The summed E-state index contributed by atoms with van der Waals surface area (Å²) in [5.41, 5.74) is 5.69.